The molecule has 1 aliphatic heterocycles. The lowest BCUT2D eigenvalue weighted by Gasteiger charge is -2.28. The highest BCUT2D eigenvalue weighted by Crippen LogP contribution is 2.19. The van der Waals surface area contributed by atoms with Crippen LogP contribution >= 0.6 is 0 Å². The minimum absolute atomic E-state index is 0.0552. The van der Waals surface area contributed by atoms with Crippen LogP contribution in [0.15, 0.2) is 30.3 Å². The van der Waals surface area contributed by atoms with Crippen LogP contribution in [0.3, 0.4) is 0 Å². The van der Waals surface area contributed by atoms with Crippen LogP contribution in [0.2, 0.25) is 0 Å². The summed E-state index contributed by atoms with van der Waals surface area (Å²) in [6.07, 6.45) is -1.58. The van der Waals surface area contributed by atoms with E-state index >= 15 is 0 Å². The molecule has 124 valence electrons. The summed E-state index contributed by atoms with van der Waals surface area (Å²) in [5.74, 6) is -0.490. The maximum atomic E-state index is 12.1. The first kappa shape index (κ1) is 16.8. The number of hydrazine groups is 1. The van der Waals surface area contributed by atoms with Crippen molar-refractivity contribution in [3.8, 4) is 0 Å². The van der Waals surface area contributed by atoms with Crippen LogP contribution in [0, 0.1) is 0 Å². The Morgan fingerprint density at radius 3 is 2.39 bits per heavy atom. The van der Waals surface area contributed by atoms with Crippen LogP contribution in [0.4, 0.5) is 9.59 Å². The zero-order chi connectivity index (χ0) is 17.0. The van der Waals surface area contributed by atoms with E-state index in [9.17, 15) is 14.4 Å². The molecular formula is C16H20N2O5. The van der Waals surface area contributed by atoms with Gasteiger partial charge in [0.05, 0.1) is 6.54 Å². The molecule has 1 aromatic carbocycles. The molecule has 7 heteroatoms. The molecule has 1 aliphatic rings. The van der Waals surface area contributed by atoms with Crippen LogP contribution in [0.5, 0.6) is 0 Å². The van der Waals surface area contributed by atoms with Gasteiger partial charge in [-0.15, -0.1) is 5.01 Å². The van der Waals surface area contributed by atoms with Crippen LogP contribution < -0.4 is 0 Å². The van der Waals surface area contributed by atoms with Crippen LogP contribution in [-0.4, -0.2) is 40.3 Å². The Morgan fingerprint density at radius 2 is 1.78 bits per heavy atom. The van der Waals surface area contributed by atoms with Gasteiger partial charge in [0.15, 0.2) is 0 Å². The van der Waals surface area contributed by atoms with E-state index in [0.29, 0.717) is 5.01 Å². The van der Waals surface area contributed by atoms with Gasteiger partial charge in [-0.1, -0.05) is 30.3 Å². The van der Waals surface area contributed by atoms with E-state index in [0.717, 1.165) is 10.6 Å². The van der Waals surface area contributed by atoms with Crippen LogP contribution in [0.1, 0.15) is 32.8 Å². The maximum absolute atomic E-state index is 12.1. The fourth-order valence-corrected chi connectivity index (χ4v) is 2.01. The number of rotatable bonds is 2. The van der Waals surface area contributed by atoms with Crippen LogP contribution in [0.25, 0.3) is 0 Å². The minimum atomic E-state index is -0.878. The zero-order valence-electron chi connectivity index (χ0n) is 13.4. The lowest BCUT2D eigenvalue weighted by Crippen LogP contribution is -2.48. The standard InChI is InChI=1S/C16H20N2O5/c1-16(2,3)23-15(21)18-13(19)9-10-17(18)14(20)22-11-12-7-5-4-6-8-12/h4-8H,9-11H2,1-3H3. The Morgan fingerprint density at radius 1 is 1.13 bits per heavy atom. The predicted octanol–water partition coefficient (Wildman–Crippen LogP) is 2.71. The average Bonchev–Trinajstić information content (AvgIpc) is 2.86. The van der Waals surface area contributed by atoms with Gasteiger partial charge >= 0.3 is 12.2 Å². The number of nitrogens with zero attached hydrogens (tertiary/aromatic N) is 2. The Balaban J connectivity index is 2.00. The molecule has 0 unspecified atom stereocenters. The smallest absolute Gasteiger partial charge is 0.436 e. The number of imide groups is 1. The monoisotopic (exact) mass is 320 g/mol. The van der Waals surface area contributed by atoms with Crippen molar-refractivity contribution in [3.63, 3.8) is 0 Å². The first-order chi connectivity index (χ1) is 10.8. The summed E-state index contributed by atoms with van der Waals surface area (Å²) in [6, 6.07) is 9.14. The van der Waals surface area contributed by atoms with Gasteiger partial charge in [-0.25, -0.2) is 14.6 Å². The molecule has 3 amide bonds. The molecule has 2 rings (SSSR count). The van der Waals surface area contributed by atoms with E-state index in [-0.39, 0.29) is 19.6 Å². The highest BCUT2D eigenvalue weighted by molar-refractivity contribution is 5.95. The van der Waals surface area contributed by atoms with Gasteiger partial charge in [-0.2, -0.15) is 0 Å². The van der Waals surface area contributed by atoms with Crippen molar-refractivity contribution in [3.05, 3.63) is 35.9 Å². The van der Waals surface area contributed by atoms with Crippen molar-refractivity contribution in [2.75, 3.05) is 6.54 Å². The van der Waals surface area contributed by atoms with Crippen molar-refractivity contribution in [2.45, 2.75) is 39.4 Å². The Kier molecular flexibility index (Phi) is 4.88. The SMILES string of the molecule is CC(C)(C)OC(=O)N1C(=O)CCN1C(=O)OCc1ccccc1. The average molecular weight is 320 g/mol. The van der Waals surface area contributed by atoms with Gasteiger partial charge < -0.3 is 9.47 Å². The third-order valence-electron chi connectivity index (χ3n) is 3.00. The lowest BCUT2D eigenvalue weighted by atomic mass is 10.2. The molecule has 0 N–H and O–H groups in total. The molecule has 1 fully saturated rings. The second-order valence-corrected chi connectivity index (χ2v) is 6.10. The third-order valence-corrected chi connectivity index (χ3v) is 3.00. The maximum Gasteiger partial charge on any atom is 0.436 e. The van der Waals surface area contributed by atoms with Gasteiger partial charge in [0.2, 0.25) is 0 Å². The van der Waals surface area contributed by atoms with E-state index in [1.807, 2.05) is 30.3 Å². The molecule has 0 saturated carbocycles. The molecule has 0 atom stereocenters. The summed E-state index contributed by atoms with van der Waals surface area (Å²) in [7, 11) is 0. The molecule has 0 radical (unpaired) electrons. The molecule has 1 aromatic rings. The van der Waals surface area contributed by atoms with Crippen molar-refractivity contribution >= 4 is 18.1 Å². The van der Waals surface area contributed by atoms with Crippen LogP contribution in [-0.2, 0) is 20.9 Å². The number of hydrogen-bond donors (Lipinski definition) is 0. The summed E-state index contributed by atoms with van der Waals surface area (Å²) in [4.78, 5) is 36.1. The Bertz CT molecular complexity index is 594. The second-order valence-electron chi connectivity index (χ2n) is 6.10. The first-order valence-electron chi connectivity index (χ1n) is 7.32. The number of hydrogen-bond acceptors (Lipinski definition) is 5. The van der Waals surface area contributed by atoms with Crippen molar-refractivity contribution in [1.82, 2.24) is 10.0 Å². The van der Waals surface area contributed by atoms with E-state index in [4.69, 9.17) is 9.47 Å². The lowest BCUT2D eigenvalue weighted by molar-refractivity contribution is -0.134. The molecular weight excluding hydrogens is 300 g/mol. The molecule has 0 spiro atoms. The highest BCUT2D eigenvalue weighted by Gasteiger charge is 2.40. The summed E-state index contributed by atoms with van der Waals surface area (Å²) in [5.41, 5.74) is 0.0507. The number of benzene rings is 1. The predicted molar refractivity (Wildman–Crippen MR) is 81.0 cm³/mol. The molecule has 7 nitrogen and oxygen atoms in total. The molecule has 0 aromatic heterocycles. The van der Waals surface area contributed by atoms with Gasteiger partial charge in [-0.05, 0) is 26.3 Å². The molecule has 1 heterocycles. The molecule has 0 bridgehead atoms. The fourth-order valence-electron chi connectivity index (χ4n) is 2.01. The topological polar surface area (TPSA) is 76.2 Å². The van der Waals surface area contributed by atoms with Crippen molar-refractivity contribution < 1.29 is 23.9 Å². The molecule has 1 saturated heterocycles. The first-order valence-corrected chi connectivity index (χ1v) is 7.32. The van der Waals surface area contributed by atoms with Gasteiger partial charge in [-0.3, -0.25) is 4.79 Å². The Hall–Kier alpha value is -2.57. The summed E-state index contributed by atoms with van der Waals surface area (Å²) >= 11 is 0. The normalized spacial score (nSPS) is 14.8. The second kappa shape index (κ2) is 6.68. The Labute approximate surface area is 134 Å². The quantitative estimate of drug-likeness (QED) is 0.837. The van der Waals surface area contributed by atoms with Crippen molar-refractivity contribution in [2.24, 2.45) is 0 Å². The van der Waals surface area contributed by atoms with Gasteiger partial charge in [0, 0.05) is 6.42 Å². The third kappa shape index (κ3) is 4.45. The number of carbonyl (C=O) groups is 3. The molecule has 0 aliphatic carbocycles. The van der Waals surface area contributed by atoms with Gasteiger partial charge in [0.25, 0.3) is 5.91 Å². The number of ether oxygens (including phenoxy) is 2. The minimum Gasteiger partial charge on any atom is -0.443 e. The zero-order valence-corrected chi connectivity index (χ0v) is 13.4. The summed E-state index contributed by atoms with van der Waals surface area (Å²) in [5, 5.41) is 1.68. The highest BCUT2D eigenvalue weighted by atomic mass is 16.6. The van der Waals surface area contributed by atoms with E-state index < -0.39 is 23.7 Å². The number of amides is 3. The van der Waals surface area contributed by atoms with E-state index in [2.05, 4.69) is 0 Å². The van der Waals surface area contributed by atoms with E-state index in [1.165, 1.54) is 0 Å². The number of carbonyl (C=O) groups excluding carboxylic acids is 3. The van der Waals surface area contributed by atoms with Crippen molar-refractivity contribution in [1.29, 1.82) is 0 Å². The largest absolute Gasteiger partial charge is 0.443 e. The van der Waals surface area contributed by atoms with E-state index in [1.54, 1.807) is 20.8 Å². The molecule has 23 heavy (non-hydrogen) atoms. The van der Waals surface area contributed by atoms with Gasteiger partial charge in [0.1, 0.15) is 12.2 Å². The summed E-state index contributed by atoms with van der Waals surface area (Å²) in [6.45, 7) is 5.20. The fraction of sp³-hybridized carbons (Fsp3) is 0.438. The summed E-state index contributed by atoms with van der Waals surface area (Å²) < 4.78 is 10.3.